The molecule has 0 saturated carbocycles. The minimum Gasteiger partial charge on any atom is -0.489 e. The van der Waals surface area contributed by atoms with Crippen LogP contribution < -0.4 is 14.2 Å². The van der Waals surface area contributed by atoms with E-state index >= 15 is 0 Å². The predicted octanol–water partition coefficient (Wildman–Crippen LogP) is 14.3. The second-order valence-corrected chi connectivity index (χ2v) is 18.1. The highest BCUT2D eigenvalue weighted by molar-refractivity contribution is 7.98. The number of para-hydroxylation sites is 1. The molecule has 0 spiro atoms. The van der Waals surface area contributed by atoms with Crippen LogP contribution in [0.15, 0.2) is 138 Å². The molecule has 0 aliphatic carbocycles. The Morgan fingerprint density at radius 1 is 0.585 bits per heavy atom. The van der Waals surface area contributed by atoms with Gasteiger partial charge in [-0.15, -0.1) is 34.4 Å². The molecule has 7 aromatic rings. The predicted molar refractivity (Wildman–Crippen MR) is 241 cm³/mol. The maximum atomic E-state index is 13.2. The van der Waals surface area contributed by atoms with Crippen LogP contribution in [0.4, 0.5) is 26.3 Å². The lowest BCUT2D eigenvalue weighted by molar-refractivity contribution is -0.161. The maximum absolute atomic E-state index is 13.2. The molecule has 15 heteroatoms. The second kappa shape index (κ2) is 20.9. The standard InChI is InChI=1S/C50H40F6O6S3/c1-31-24-41(63-30-46-36(27-59-39-6-4-3-5-7-39)26-44(65-46)35-13-17-38(18-14-35)50(54,55)56)21-22-42(31)61-29-48(58)62-47(57)23-10-33-8-19-40(20-9-33)60-28-45-32(2)25-43(64-45)34-11-15-37(16-12-34)49(51,52)53/h3-9,11-22,24-26H,10,23,27-30H2,1-2H3. The van der Waals surface area contributed by atoms with Gasteiger partial charge in [0.2, 0.25) is 0 Å². The summed E-state index contributed by atoms with van der Waals surface area (Å²) < 4.78 is 101. The van der Waals surface area contributed by atoms with Gasteiger partial charge in [0.05, 0.1) is 17.5 Å². The summed E-state index contributed by atoms with van der Waals surface area (Å²) in [5.41, 5.74) is 3.46. The highest BCUT2D eigenvalue weighted by Gasteiger charge is 2.31. The summed E-state index contributed by atoms with van der Waals surface area (Å²) >= 11 is 4.52. The van der Waals surface area contributed by atoms with Gasteiger partial charge in [0.1, 0.15) is 30.5 Å². The summed E-state index contributed by atoms with van der Waals surface area (Å²) in [5.74, 6) is 0.805. The Morgan fingerprint density at radius 2 is 1.17 bits per heavy atom. The van der Waals surface area contributed by atoms with E-state index in [9.17, 15) is 35.9 Å². The van der Waals surface area contributed by atoms with Gasteiger partial charge in [-0.3, -0.25) is 4.79 Å². The average Bonchev–Trinajstić information content (AvgIpc) is 3.88. The molecule has 6 nitrogen and oxygen atoms in total. The number of thiophene rings is 2. The smallest absolute Gasteiger partial charge is 0.416 e. The van der Waals surface area contributed by atoms with Crippen molar-refractivity contribution in [1.29, 1.82) is 0 Å². The lowest BCUT2D eigenvalue weighted by Gasteiger charge is -2.11. The van der Waals surface area contributed by atoms with Crippen molar-refractivity contribution < 1.29 is 54.9 Å². The van der Waals surface area contributed by atoms with Crippen LogP contribution in [0.5, 0.6) is 17.2 Å². The molecular formula is C50H40F6O6S3. The van der Waals surface area contributed by atoms with E-state index in [-0.39, 0.29) is 19.6 Å². The Balaban J connectivity index is 0.856. The van der Waals surface area contributed by atoms with E-state index in [2.05, 4.69) is 0 Å². The molecule has 0 atom stereocenters. The number of aryl methyl sites for hydroxylation is 3. The first-order valence-corrected chi connectivity index (χ1v) is 22.7. The fourth-order valence-corrected chi connectivity index (χ4v) is 9.88. The highest BCUT2D eigenvalue weighted by atomic mass is 32.2. The molecule has 0 aliphatic heterocycles. The maximum Gasteiger partial charge on any atom is 0.416 e. The molecule has 2 aromatic heterocycles. The van der Waals surface area contributed by atoms with Gasteiger partial charge in [-0.1, -0.05) is 54.6 Å². The van der Waals surface area contributed by atoms with Gasteiger partial charge in [-0.25, -0.2) is 4.79 Å². The molecule has 0 saturated heterocycles. The van der Waals surface area contributed by atoms with Crippen LogP contribution in [0.3, 0.4) is 0 Å². The molecule has 5 aromatic carbocycles. The summed E-state index contributed by atoms with van der Waals surface area (Å²) in [5, 5.41) is 0. The van der Waals surface area contributed by atoms with Crippen LogP contribution in [-0.2, 0) is 52.1 Å². The quantitative estimate of drug-likeness (QED) is 0.0390. The minimum absolute atomic E-state index is 0.0336. The molecule has 0 unspecified atom stereocenters. The van der Waals surface area contributed by atoms with Gasteiger partial charge in [0.15, 0.2) is 6.61 Å². The lowest BCUT2D eigenvalue weighted by atomic mass is 10.1. The number of halogens is 6. The van der Waals surface area contributed by atoms with Gasteiger partial charge in [0.25, 0.3) is 0 Å². The van der Waals surface area contributed by atoms with E-state index in [4.69, 9.17) is 18.9 Å². The molecule has 0 aliphatic rings. The summed E-state index contributed by atoms with van der Waals surface area (Å²) in [6.45, 7) is 3.85. The second-order valence-electron chi connectivity index (χ2n) is 14.8. The van der Waals surface area contributed by atoms with E-state index in [0.29, 0.717) is 40.5 Å². The molecule has 0 bridgehead atoms. The third-order valence-electron chi connectivity index (χ3n) is 10.0. The van der Waals surface area contributed by atoms with E-state index < -0.39 is 42.0 Å². The number of hydrogen-bond donors (Lipinski definition) is 0. The van der Waals surface area contributed by atoms with Crippen molar-refractivity contribution in [2.75, 3.05) is 6.61 Å². The summed E-state index contributed by atoms with van der Waals surface area (Å²) in [7, 11) is 0. The van der Waals surface area contributed by atoms with Crippen LogP contribution in [0.1, 0.15) is 49.6 Å². The Kier molecular flexibility index (Phi) is 15.1. The number of esters is 2. The molecule has 0 amide bonds. The Labute approximate surface area is 383 Å². The van der Waals surface area contributed by atoms with E-state index in [1.54, 1.807) is 30.0 Å². The SMILES string of the molecule is Cc1cc(SCc2sc(-c3ccc(C(F)(F)F)cc3)cc2COc2ccccc2)ccc1OCC(=O)OC(=O)CCc1ccc(OCc2sc(-c3ccc(C(F)(F)F)cc3)cc2C)cc1. The van der Waals surface area contributed by atoms with Gasteiger partial charge in [0, 0.05) is 35.7 Å². The fourth-order valence-electron chi connectivity index (χ4n) is 6.50. The zero-order valence-electron chi connectivity index (χ0n) is 34.9. The molecule has 7 rings (SSSR count). The zero-order valence-corrected chi connectivity index (χ0v) is 37.3. The van der Waals surface area contributed by atoms with Gasteiger partial charge in [-0.05, 0) is 127 Å². The normalized spacial score (nSPS) is 11.6. The number of benzene rings is 5. The molecule has 0 N–H and O–H groups in total. The molecule has 336 valence electrons. The summed E-state index contributed by atoms with van der Waals surface area (Å²) in [6, 6.07) is 36.1. The number of alkyl halides is 6. The first kappa shape index (κ1) is 46.9. The third-order valence-corrected chi connectivity index (χ3v) is 13.7. The number of carbonyl (C=O) groups excluding carboxylic acids is 2. The summed E-state index contributed by atoms with van der Waals surface area (Å²) in [4.78, 5) is 29.6. The highest BCUT2D eigenvalue weighted by Crippen LogP contribution is 2.39. The van der Waals surface area contributed by atoms with Crippen molar-refractivity contribution in [2.45, 2.75) is 62.9 Å². The molecule has 2 heterocycles. The molecule has 65 heavy (non-hydrogen) atoms. The van der Waals surface area contributed by atoms with Crippen LogP contribution in [0.2, 0.25) is 0 Å². The minimum atomic E-state index is -4.42. The van der Waals surface area contributed by atoms with Crippen molar-refractivity contribution in [3.63, 3.8) is 0 Å². The van der Waals surface area contributed by atoms with E-state index in [1.165, 1.54) is 46.9 Å². The van der Waals surface area contributed by atoms with Crippen LogP contribution in [-0.4, -0.2) is 18.5 Å². The number of ether oxygens (including phenoxy) is 4. The lowest BCUT2D eigenvalue weighted by Crippen LogP contribution is -2.19. The van der Waals surface area contributed by atoms with E-state index in [1.807, 2.05) is 80.6 Å². The van der Waals surface area contributed by atoms with Crippen LogP contribution in [0, 0.1) is 13.8 Å². The number of rotatable bonds is 17. The molecule has 0 radical (unpaired) electrons. The van der Waals surface area contributed by atoms with Crippen molar-refractivity contribution in [3.8, 4) is 38.1 Å². The van der Waals surface area contributed by atoms with Crippen molar-refractivity contribution >= 4 is 46.4 Å². The average molecular weight is 947 g/mol. The van der Waals surface area contributed by atoms with Crippen LogP contribution in [0.25, 0.3) is 20.9 Å². The molecular weight excluding hydrogens is 907 g/mol. The van der Waals surface area contributed by atoms with Gasteiger partial charge >= 0.3 is 24.3 Å². The first-order valence-electron chi connectivity index (χ1n) is 20.1. The van der Waals surface area contributed by atoms with Gasteiger partial charge in [-0.2, -0.15) is 26.3 Å². The Hall–Kier alpha value is -6.03. The topological polar surface area (TPSA) is 71.1 Å². The van der Waals surface area contributed by atoms with Crippen LogP contribution >= 0.6 is 34.4 Å². The summed E-state index contributed by atoms with van der Waals surface area (Å²) in [6.07, 6.45) is -8.52. The Bertz CT molecular complexity index is 2710. The van der Waals surface area contributed by atoms with Crippen molar-refractivity contribution in [2.24, 2.45) is 0 Å². The largest absolute Gasteiger partial charge is 0.489 e. The number of hydrogen-bond acceptors (Lipinski definition) is 9. The number of thioether (sulfide) groups is 1. The zero-order chi connectivity index (χ0) is 46.1. The van der Waals surface area contributed by atoms with Crippen molar-refractivity contribution in [1.82, 2.24) is 0 Å². The monoisotopic (exact) mass is 946 g/mol. The Morgan fingerprint density at radius 3 is 1.78 bits per heavy atom. The van der Waals surface area contributed by atoms with Crippen molar-refractivity contribution in [3.05, 3.63) is 177 Å². The first-order chi connectivity index (χ1) is 31.1. The third kappa shape index (κ3) is 13.0. The molecule has 0 fully saturated rings. The van der Waals surface area contributed by atoms with E-state index in [0.717, 1.165) is 70.9 Å². The van der Waals surface area contributed by atoms with Gasteiger partial charge < -0.3 is 18.9 Å². The fraction of sp³-hybridized carbons (Fsp3) is 0.200. The number of carbonyl (C=O) groups is 2.